The molecule has 0 atom stereocenters. The second-order valence-corrected chi connectivity index (χ2v) is 10.7. The Bertz CT molecular complexity index is 1440. The summed E-state index contributed by atoms with van der Waals surface area (Å²) in [6.45, 7) is 1.87. The topological polar surface area (TPSA) is 88.2 Å². The van der Waals surface area contributed by atoms with E-state index < -0.39 is 21.8 Å². The number of carbonyl (C=O) groups is 1. The number of halogens is 4. The fraction of sp³-hybridized carbons (Fsp3) is 0.269. The Hall–Kier alpha value is -3.64. The molecule has 3 aromatic carbocycles. The highest BCUT2D eigenvalue weighted by atomic mass is 35.5. The van der Waals surface area contributed by atoms with E-state index in [-0.39, 0.29) is 33.9 Å². The zero-order chi connectivity index (χ0) is 28.2. The Morgan fingerprint density at radius 2 is 1.69 bits per heavy atom. The molecular formula is C26H25ClF3N3O5S. The summed E-state index contributed by atoms with van der Waals surface area (Å²) in [6, 6.07) is 15.1. The van der Waals surface area contributed by atoms with Gasteiger partial charge in [-0.3, -0.25) is 9.52 Å². The van der Waals surface area contributed by atoms with E-state index in [1.54, 1.807) is 12.0 Å². The Balaban J connectivity index is 1.34. The summed E-state index contributed by atoms with van der Waals surface area (Å²) in [4.78, 5) is 16.2. The molecule has 1 aliphatic heterocycles. The molecule has 208 valence electrons. The highest BCUT2D eigenvalue weighted by Gasteiger charge is 2.31. The molecule has 1 aliphatic rings. The lowest BCUT2D eigenvalue weighted by molar-refractivity contribution is -0.137. The van der Waals surface area contributed by atoms with Crippen molar-refractivity contribution in [3.63, 3.8) is 0 Å². The van der Waals surface area contributed by atoms with Gasteiger partial charge in [-0.25, -0.2) is 8.42 Å². The lowest BCUT2D eigenvalue weighted by Gasteiger charge is -2.36. The van der Waals surface area contributed by atoms with Crippen LogP contribution < -0.4 is 19.1 Å². The van der Waals surface area contributed by atoms with Crippen LogP contribution in [0.5, 0.6) is 11.5 Å². The third-order valence-electron chi connectivity index (χ3n) is 6.07. The standard InChI is InChI=1S/C26H25ClF3N3O5S/c1-37-24-8-3-2-7-22(24)32-11-13-33(14-12-32)25(34)17-38-23-10-9-20(16-21(23)27)39(35,36)31-19-6-4-5-18(15-19)26(28,29)30/h2-10,15-16,31H,11-14,17H2,1H3. The van der Waals surface area contributed by atoms with Crippen molar-refractivity contribution in [2.24, 2.45) is 0 Å². The average molecular weight is 584 g/mol. The highest BCUT2D eigenvalue weighted by molar-refractivity contribution is 7.92. The van der Waals surface area contributed by atoms with Crippen molar-refractivity contribution >= 4 is 38.9 Å². The second-order valence-electron chi connectivity index (χ2n) is 8.60. The fourth-order valence-corrected chi connectivity index (χ4v) is 5.43. The van der Waals surface area contributed by atoms with Crippen molar-refractivity contribution in [2.75, 3.05) is 49.5 Å². The maximum absolute atomic E-state index is 12.9. The van der Waals surface area contributed by atoms with E-state index >= 15 is 0 Å². The molecule has 13 heteroatoms. The second kappa shape index (κ2) is 11.6. The number of benzene rings is 3. The summed E-state index contributed by atoms with van der Waals surface area (Å²) >= 11 is 6.20. The van der Waals surface area contributed by atoms with Gasteiger partial charge in [0.25, 0.3) is 15.9 Å². The summed E-state index contributed by atoms with van der Waals surface area (Å²) in [7, 11) is -2.64. The van der Waals surface area contributed by atoms with Crippen LogP contribution in [0.1, 0.15) is 5.56 Å². The van der Waals surface area contributed by atoms with E-state index in [1.165, 1.54) is 18.2 Å². The molecule has 4 rings (SSSR count). The Labute approximate surface area is 228 Å². The van der Waals surface area contributed by atoms with Crippen LogP contribution in [0, 0.1) is 0 Å². The molecule has 0 aromatic heterocycles. The number of hydrogen-bond acceptors (Lipinski definition) is 6. The highest BCUT2D eigenvalue weighted by Crippen LogP contribution is 2.32. The number of alkyl halides is 3. The summed E-state index contributed by atoms with van der Waals surface area (Å²) in [5.74, 6) is 0.593. The van der Waals surface area contributed by atoms with Gasteiger partial charge >= 0.3 is 6.18 Å². The van der Waals surface area contributed by atoms with Crippen LogP contribution in [0.3, 0.4) is 0 Å². The van der Waals surface area contributed by atoms with Crippen LogP contribution in [0.4, 0.5) is 24.5 Å². The van der Waals surface area contributed by atoms with E-state index in [2.05, 4.69) is 9.62 Å². The molecule has 1 saturated heterocycles. The number of amides is 1. The van der Waals surface area contributed by atoms with Gasteiger partial charge in [0.15, 0.2) is 6.61 Å². The number of rotatable bonds is 8. The number of carbonyl (C=O) groups excluding carboxylic acids is 1. The molecule has 1 N–H and O–H groups in total. The summed E-state index contributed by atoms with van der Waals surface area (Å²) in [5, 5.41) is -0.0734. The SMILES string of the molecule is COc1ccccc1N1CCN(C(=O)COc2ccc(S(=O)(=O)Nc3cccc(C(F)(F)F)c3)cc2Cl)CC1. The first kappa shape index (κ1) is 28.4. The van der Waals surface area contributed by atoms with E-state index in [0.29, 0.717) is 32.2 Å². The summed E-state index contributed by atoms with van der Waals surface area (Å²) in [5.41, 5.74) is -0.291. The minimum Gasteiger partial charge on any atom is -0.495 e. The van der Waals surface area contributed by atoms with Crippen molar-refractivity contribution in [1.82, 2.24) is 4.90 Å². The minimum atomic E-state index is -4.62. The Kier molecular flexibility index (Phi) is 8.45. The van der Waals surface area contributed by atoms with E-state index in [1.807, 2.05) is 24.3 Å². The monoisotopic (exact) mass is 583 g/mol. The van der Waals surface area contributed by atoms with Gasteiger partial charge in [0.2, 0.25) is 0 Å². The smallest absolute Gasteiger partial charge is 0.416 e. The van der Waals surface area contributed by atoms with Crippen molar-refractivity contribution in [3.8, 4) is 11.5 Å². The Morgan fingerprint density at radius 3 is 2.36 bits per heavy atom. The van der Waals surface area contributed by atoms with Crippen LogP contribution in [0.15, 0.2) is 71.6 Å². The number of ether oxygens (including phenoxy) is 2. The van der Waals surface area contributed by atoms with E-state index in [0.717, 1.165) is 29.6 Å². The number of nitrogens with zero attached hydrogens (tertiary/aromatic N) is 2. The zero-order valence-corrected chi connectivity index (χ0v) is 22.3. The lowest BCUT2D eigenvalue weighted by atomic mass is 10.2. The number of hydrogen-bond donors (Lipinski definition) is 1. The molecule has 0 bridgehead atoms. The number of nitrogens with one attached hydrogen (secondary N) is 1. The number of anilines is 2. The van der Waals surface area contributed by atoms with Gasteiger partial charge in [0, 0.05) is 31.9 Å². The molecular weight excluding hydrogens is 559 g/mol. The van der Waals surface area contributed by atoms with Crippen molar-refractivity contribution in [2.45, 2.75) is 11.1 Å². The molecule has 0 unspecified atom stereocenters. The van der Waals surface area contributed by atoms with Crippen LogP contribution in [0.25, 0.3) is 0 Å². The minimum absolute atomic E-state index is 0.0734. The number of para-hydroxylation sites is 2. The van der Waals surface area contributed by atoms with Crippen molar-refractivity contribution in [3.05, 3.63) is 77.3 Å². The quantitative estimate of drug-likeness (QED) is 0.406. The first-order valence-electron chi connectivity index (χ1n) is 11.8. The first-order valence-corrected chi connectivity index (χ1v) is 13.6. The molecule has 1 heterocycles. The number of piperazine rings is 1. The van der Waals surface area contributed by atoms with Gasteiger partial charge in [-0.1, -0.05) is 29.8 Å². The predicted octanol–water partition coefficient (Wildman–Crippen LogP) is 4.90. The van der Waals surface area contributed by atoms with Crippen LogP contribution >= 0.6 is 11.6 Å². The normalized spacial score (nSPS) is 14.2. The molecule has 0 saturated carbocycles. The predicted molar refractivity (Wildman–Crippen MR) is 141 cm³/mol. The molecule has 39 heavy (non-hydrogen) atoms. The van der Waals surface area contributed by atoms with Crippen molar-refractivity contribution < 1.29 is 35.9 Å². The molecule has 3 aromatic rings. The molecule has 0 aliphatic carbocycles. The molecule has 0 radical (unpaired) electrons. The van der Waals surface area contributed by atoms with E-state index in [4.69, 9.17) is 21.1 Å². The van der Waals surface area contributed by atoms with Gasteiger partial charge in [0.05, 0.1) is 28.3 Å². The third kappa shape index (κ3) is 6.87. The van der Waals surface area contributed by atoms with E-state index in [9.17, 15) is 26.4 Å². The number of methoxy groups -OCH3 is 1. The molecule has 8 nitrogen and oxygen atoms in total. The van der Waals surface area contributed by atoms with Gasteiger partial charge in [-0.05, 0) is 48.5 Å². The maximum Gasteiger partial charge on any atom is 0.416 e. The molecule has 1 fully saturated rings. The Morgan fingerprint density at radius 1 is 0.974 bits per heavy atom. The van der Waals surface area contributed by atoms with Crippen LogP contribution in [-0.4, -0.2) is 59.1 Å². The van der Waals surface area contributed by atoms with Gasteiger partial charge in [-0.2, -0.15) is 13.2 Å². The molecule has 1 amide bonds. The van der Waals surface area contributed by atoms with Crippen molar-refractivity contribution in [1.29, 1.82) is 0 Å². The number of sulfonamides is 1. The zero-order valence-electron chi connectivity index (χ0n) is 20.7. The summed E-state index contributed by atoms with van der Waals surface area (Å²) in [6.07, 6.45) is -4.62. The first-order chi connectivity index (χ1) is 18.5. The summed E-state index contributed by atoms with van der Waals surface area (Å²) < 4.78 is 77.3. The fourth-order valence-electron chi connectivity index (χ4n) is 4.06. The van der Waals surface area contributed by atoms with Crippen LogP contribution in [-0.2, 0) is 21.0 Å². The maximum atomic E-state index is 12.9. The van der Waals surface area contributed by atoms with Crippen LogP contribution in [0.2, 0.25) is 5.02 Å². The van der Waals surface area contributed by atoms with Gasteiger partial charge in [0.1, 0.15) is 11.5 Å². The average Bonchev–Trinajstić information content (AvgIpc) is 2.91. The largest absolute Gasteiger partial charge is 0.495 e. The van der Waals surface area contributed by atoms with Gasteiger partial charge in [-0.15, -0.1) is 0 Å². The molecule has 0 spiro atoms. The lowest BCUT2D eigenvalue weighted by Crippen LogP contribution is -2.50. The third-order valence-corrected chi connectivity index (χ3v) is 7.74. The van der Waals surface area contributed by atoms with Gasteiger partial charge < -0.3 is 19.3 Å².